The summed E-state index contributed by atoms with van der Waals surface area (Å²) in [5.74, 6) is 1.03. The topological polar surface area (TPSA) is 34.6 Å². The van der Waals surface area contributed by atoms with Crippen LogP contribution in [-0.2, 0) is 17.7 Å². The average Bonchev–Trinajstić information content (AvgIpc) is 3.01. The van der Waals surface area contributed by atoms with Gasteiger partial charge in [-0.1, -0.05) is 18.2 Å². The molecule has 0 amide bonds. The highest BCUT2D eigenvalue weighted by Gasteiger charge is 2.19. The first-order valence-electron chi connectivity index (χ1n) is 7.62. The molecular weight excluding hydrogens is 276 g/mol. The maximum atomic E-state index is 5.57. The van der Waals surface area contributed by atoms with Gasteiger partial charge in [0.05, 0.1) is 24.9 Å². The van der Waals surface area contributed by atoms with Gasteiger partial charge in [0.2, 0.25) is 0 Å². The Labute approximate surface area is 131 Å². The van der Waals surface area contributed by atoms with Crippen molar-refractivity contribution in [3.05, 3.63) is 59.4 Å². The molecule has 1 aliphatic heterocycles. The van der Waals surface area contributed by atoms with Crippen molar-refractivity contribution in [3.63, 3.8) is 0 Å². The van der Waals surface area contributed by atoms with Crippen molar-refractivity contribution in [1.29, 1.82) is 0 Å². The van der Waals surface area contributed by atoms with E-state index in [1.54, 1.807) is 7.11 Å². The zero-order chi connectivity index (χ0) is 15.4. The van der Waals surface area contributed by atoms with Gasteiger partial charge in [-0.05, 0) is 36.4 Å². The van der Waals surface area contributed by atoms with Crippen molar-refractivity contribution in [2.75, 3.05) is 27.4 Å². The Morgan fingerprint density at radius 3 is 3.00 bits per heavy atom. The molecule has 2 aromatic rings. The van der Waals surface area contributed by atoms with Crippen LogP contribution in [0.1, 0.15) is 22.9 Å². The number of nitrogens with zero attached hydrogens (tertiary/aromatic N) is 2. The van der Waals surface area contributed by atoms with Crippen molar-refractivity contribution < 1.29 is 9.47 Å². The van der Waals surface area contributed by atoms with Gasteiger partial charge in [0.25, 0.3) is 0 Å². The fourth-order valence-corrected chi connectivity index (χ4v) is 2.91. The van der Waals surface area contributed by atoms with Crippen LogP contribution in [0.3, 0.4) is 0 Å². The van der Waals surface area contributed by atoms with Crippen LogP contribution in [-0.4, -0.2) is 37.3 Å². The summed E-state index contributed by atoms with van der Waals surface area (Å²) in [6.07, 6.45) is 2.84. The monoisotopic (exact) mass is 298 g/mol. The SMILES string of the molecule is COC[C@H](c1ccccn1)N(C)Cc1ccc2c(c1)CCO2. The maximum Gasteiger partial charge on any atom is 0.122 e. The van der Waals surface area contributed by atoms with E-state index in [4.69, 9.17) is 9.47 Å². The van der Waals surface area contributed by atoms with Crippen LogP contribution in [0.2, 0.25) is 0 Å². The molecule has 0 fully saturated rings. The van der Waals surface area contributed by atoms with Crippen molar-refractivity contribution in [1.82, 2.24) is 9.88 Å². The fraction of sp³-hybridized carbons (Fsp3) is 0.389. The van der Waals surface area contributed by atoms with Gasteiger partial charge in [0, 0.05) is 26.3 Å². The van der Waals surface area contributed by atoms with Gasteiger partial charge in [0.15, 0.2) is 0 Å². The summed E-state index contributed by atoms with van der Waals surface area (Å²) < 4.78 is 11.0. The number of pyridine rings is 1. The highest BCUT2D eigenvalue weighted by molar-refractivity contribution is 5.39. The van der Waals surface area contributed by atoms with Crippen molar-refractivity contribution >= 4 is 0 Å². The zero-order valence-corrected chi connectivity index (χ0v) is 13.2. The molecule has 22 heavy (non-hydrogen) atoms. The predicted molar refractivity (Wildman–Crippen MR) is 86.0 cm³/mol. The molecule has 0 unspecified atom stereocenters. The first-order valence-corrected chi connectivity index (χ1v) is 7.62. The summed E-state index contributed by atoms with van der Waals surface area (Å²) in [7, 11) is 3.85. The van der Waals surface area contributed by atoms with E-state index in [9.17, 15) is 0 Å². The number of hydrogen-bond acceptors (Lipinski definition) is 4. The quantitative estimate of drug-likeness (QED) is 0.821. The zero-order valence-electron chi connectivity index (χ0n) is 13.2. The van der Waals surface area contributed by atoms with Crippen LogP contribution in [0.5, 0.6) is 5.75 Å². The molecule has 4 nitrogen and oxygen atoms in total. The molecule has 0 spiro atoms. The second kappa shape index (κ2) is 6.90. The van der Waals surface area contributed by atoms with E-state index in [1.165, 1.54) is 11.1 Å². The molecule has 2 heterocycles. The summed E-state index contributed by atoms with van der Waals surface area (Å²) in [4.78, 5) is 6.76. The molecule has 0 saturated heterocycles. The molecular formula is C18H22N2O2. The highest BCUT2D eigenvalue weighted by atomic mass is 16.5. The van der Waals surface area contributed by atoms with Crippen LogP contribution in [0.15, 0.2) is 42.6 Å². The first-order chi connectivity index (χ1) is 10.8. The molecule has 3 rings (SSSR count). The van der Waals surface area contributed by atoms with E-state index in [1.807, 2.05) is 18.3 Å². The lowest BCUT2D eigenvalue weighted by atomic mass is 10.1. The van der Waals surface area contributed by atoms with E-state index < -0.39 is 0 Å². The molecule has 4 heteroatoms. The molecule has 116 valence electrons. The molecule has 0 aliphatic carbocycles. The molecule has 0 radical (unpaired) electrons. The van der Waals surface area contributed by atoms with Gasteiger partial charge < -0.3 is 9.47 Å². The summed E-state index contributed by atoms with van der Waals surface area (Å²) in [6, 6.07) is 12.6. The fourth-order valence-electron chi connectivity index (χ4n) is 2.91. The van der Waals surface area contributed by atoms with Crippen LogP contribution in [0.4, 0.5) is 0 Å². The lowest BCUT2D eigenvalue weighted by Gasteiger charge is -2.27. The van der Waals surface area contributed by atoms with E-state index >= 15 is 0 Å². The number of hydrogen-bond donors (Lipinski definition) is 0. The lowest BCUT2D eigenvalue weighted by molar-refractivity contribution is 0.1000. The molecule has 0 N–H and O–H groups in total. The van der Waals surface area contributed by atoms with Crippen LogP contribution in [0.25, 0.3) is 0 Å². The summed E-state index contributed by atoms with van der Waals surface area (Å²) in [5.41, 5.74) is 3.65. The van der Waals surface area contributed by atoms with E-state index in [-0.39, 0.29) is 6.04 Å². The highest BCUT2D eigenvalue weighted by Crippen LogP contribution is 2.27. The standard InChI is InChI=1S/C18H22N2O2/c1-20(17(13-21-2)16-5-3-4-9-19-16)12-14-6-7-18-15(11-14)8-10-22-18/h3-7,9,11,17H,8,10,12-13H2,1-2H3/t17-/m1/s1. The van der Waals surface area contributed by atoms with Gasteiger partial charge in [-0.15, -0.1) is 0 Å². The second-order valence-corrected chi connectivity index (χ2v) is 5.68. The minimum absolute atomic E-state index is 0.149. The molecule has 1 aromatic heterocycles. The third kappa shape index (κ3) is 3.29. The Morgan fingerprint density at radius 2 is 2.23 bits per heavy atom. The minimum atomic E-state index is 0.149. The summed E-state index contributed by atoms with van der Waals surface area (Å²) in [5, 5.41) is 0. The minimum Gasteiger partial charge on any atom is -0.493 e. The number of likely N-dealkylation sites (N-methyl/N-ethyl adjacent to an activating group) is 1. The van der Waals surface area contributed by atoms with Gasteiger partial charge >= 0.3 is 0 Å². The molecule has 0 bridgehead atoms. The predicted octanol–water partition coefficient (Wildman–Crippen LogP) is 2.84. The first kappa shape index (κ1) is 15.0. The number of aromatic nitrogens is 1. The van der Waals surface area contributed by atoms with E-state index in [2.05, 4.69) is 41.2 Å². The lowest BCUT2D eigenvalue weighted by Crippen LogP contribution is -2.28. The Balaban J connectivity index is 1.75. The number of fused-ring (bicyclic) bond motifs is 1. The van der Waals surface area contributed by atoms with Crippen molar-refractivity contribution in [3.8, 4) is 5.75 Å². The van der Waals surface area contributed by atoms with Crippen LogP contribution in [0, 0.1) is 0 Å². The number of rotatable bonds is 6. The van der Waals surface area contributed by atoms with Crippen LogP contribution < -0.4 is 4.74 Å². The van der Waals surface area contributed by atoms with Crippen LogP contribution >= 0.6 is 0 Å². The maximum absolute atomic E-state index is 5.57. The Kier molecular flexibility index (Phi) is 4.71. The largest absolute Gasteiger partial charge is 0.493 e. The third-order valence-electron chi connectivity index (χ3n) is 4.07. The Hall–Kier alpha value is -1.91. The van der Waals surface area contributed by atoms with Gasteiger partial charge in [-0.25, -0.2) is 0 Å². The van der Waals surface area contributed by atoms with Crippen molar-refractivity contribution in [2.24, 2.45) is 0 Å². The summed E-state index contributed by atoms with van der Waals surface area (Å²) in [6.45, 7) is 2.29. The molecule has 1 aromatic carbocycles. The van der Waals surface area contributed by atoms with Gasteiger partial charge in [0.1, 0.15) is 5.75 Å². The second-order valence-electron chi connectivity index (χ2n) is 5.68. The number of ether oxygens (including phenoxy) is 2. The van der Waals surface area contributed by atoms with E-state index in [0.29, 0.717) is 6.61 Å². The Morgan fingerprint density at radius 1 is 1.32 bits per heavy atom. The number of benzene rings is 1. The van der Waals surface area contributed by atoms with Gasteiger partial charge in [-0.2, -0.15) is 0 Å². The Bertz CT molecular complexity index is 616. The third-order valence-corrected chi connectivity index (χ3v) is 4.07. The summed E-state index contributed by atoms with van der Waals surface area (Å²) >= 11 is 0. The molecule has 1 atom stereocenters. The molecule has 0 saturated carbocycles. The average molecular weight is 298 g/mol. The molecule has 1 aliphatic rings. The number of methoxy groups -OCH3 is 1. The normalized spacial score (nSPS) is 14.7. The van der Waals surface area contributed by atoms with Gasteiger partial charge in [-0.3, -0.25) is 9.88 Å². The smallest absolute Gasteiger partial charge is 0.122 e. The van der Waals surface area contributed by atoms with E-state index in [0.717, 1.165) is 31.0 Å². The van der Waals surface area contributed by atoms with Crippen molar-refractivity contribution in [2.45, 2.75) is 19.0 Å².